The van der Waals surface area contributed by atoms with E-state index in [4.69, 9.17) is 0 Å². The van der Waals surface area contributed by atoms with Gasteiger partial charge in [0, 0.05) is 11.0 Å². The van der Waals surface area contributed by atoms with Gasteiger partial charge in [0.2, 0.25) is 0 Å². The molecule has 0 bridgehead atoms. The molecule has 0 aliphatic heterocycles. The molecule has 0 radical (unpaired) electrons. The molecule has 0 aromatic rings. The molecule has 0 heterocycles. The van der Waals surface area contributed by atoms with Gasteiger partial charge in [-0.1, -0.05) is 161 Å². The second-order valence-corrected chi connectivity index (χ2v) is 12.3. The molecule has 0 aliphatic carbocycles. The van der Waals surface area contributed by atoms with Crippen LogP contribution in [0.1, 0.15) is 167 Å². The fourth-order valence-corrected chi connectivity index (χ4v) is 6.68. The van der Waals surface area contributed by atoms with E-state index >= 15 is 0 Å². The highest BCUT2D eigenvalue weighted by Gasteiger charge is 2.05. The maximum Gasteiger partial charge on any atom is 0.0135 e. The van der Waals surface area contributed by atoms with Gasteiger partial charge in [0.1, 0.15) is 0 Å². The molecule has 0 N–H and O–H groups in total. The van der Waals surface area contributed by atoms with Crippen molar-refractivity contribution in [1.29, 1.82) is 0 Å². The minimum absolute atomic E-state index is 0.893. The van der Waals surface area contributed by atoms with Crippen molar-refractivity contribution in [3.8, 4) is 0 Å². The van der Waals surface area contributed by atoms with Crippen molar-refractivity contribution < 1.29 is 0 Å². The summed E-state index contributed by atoms with van der Waals surface area (Å²) in [5.41, 5.74) is 0. The van der Waals surface area contributed by atoms with Crippen LogP contribution in [0, 0.1) is 0 Å². The molecular weight excluding hydrogens is 424 g/mol. The van der Waals surface area contributed by atoms with Gasteiger partial charge in [-0.15, -0.1) is 0 Å². The predicted molar refractivity (Wildman–Crippen MR) is 157 cm³/mol. The highest BCUT2D eigenvalue weighted by Crippen LogP contribution is 2.20. The second-order valence-electron chi connectivity index (χ2n) is 10.2. The largest absolute Gasteiger partial charge is 0.164 e. The third kappa shape index (κ3) is 26.9. The normalized spacial score (nSPS) is 12.5. The molecule has 0 nitrogen and oxygen atoms in total. The molecule has 0 aliphatic rings. The second kappa shape index (κ2) is 29.7. The summed E-state index contributed by atoms with van der Waals surface area (Å²) in [5, 5.41) is 0.893. The average Bonchev–Trinajstić information content (AvgIpc) is 2.81. The molecule has 0 saturated carbocycles. The lowest BCUT2D eigenvalue weighted by Crippen LogP contribution is -2.04. The summed E-state index contributed by atoms with van der Waals surface area (Å²) < 4.78 is 0. The van der Waals surface area contributed by atoms with Crippen LogP contribution in [0.2, 0.25) is 0 Å². The van der Waals surface area contributed by atoms with E-state index in [1.165, 1.54) is 166 Å². The zero-order valence-electron chi connectivity index (χ0n) is 22.8. The first kappa shape index (κ1) is 32.7. The Morgan fingerprint density at radius 2 is 0.688 bits per heavy atom. The van der Waals surface area contributed by atoms with Gasteiger partial charge in [-0.2, -0.15) is 23.5 Å². The van der Waals surface area contributed by atoms with E-state index in [0.29, 0.717) is 0 Å². The Bertz CT molecular complexity index is 318. The maximum absolute atomic E-state index is 2.31. The topological polar surface area (TPSA) is 0 Å². The molecule has 32 heavy (non-hydrogen) atoms. The highest BCUT2D eigenvalue weighted by atomic mass is 32.2. The minimum Gasteiger partial charge on any atom is -0.164 e. The molecule has 0 saturated heterocycles. The molecule has 1 unspecified atom stereocenters. The summed E-state index contributed by atoms with van der Waals surface area (Å²) in [6, 6.07) is 0. The highest BCUT2D eigenvalue weighted by molar-refractivity contribution is 8.02. The molecule has 2 heteroatoms. The van der Waals surface area contributed by atoms with Crippen molar-refractivity contribution in [2.24, 2.45) is 0 Å². The zero-order chi connectivity index (χ0) is 23.4. The summed E-state index contributed by atoms with van der Waals surface area (Å²) in [7, 11) is 0. The van der Waals surface area contributed by atoms with Crippen molar-refractivity contribution in [3.63, 3.8) is 0 Å². The molecule has 194 valence electrons. The SMILES string of the molecule is CCCCCCCCCCCCCCCCCCCCCCCCCCC(CSC)SC. The Hall–Kier alpha value is 0.700. The average molecular weight is 487 g/mol. The summed E-state index contributed by atoms with van der Waals surface area (Å²) >= 11 is 4.07. The van der Waals surface area contributed by atoms with Gasteiger partial charge in [0.05, 0.1) is 0 Å². The first-order chi connectivity index (χ1) is 15.8. The van der Waals surface area contributed by atoms with Crippen LogP contribution < -0.4 is 0 Å². The summed E-state index contributed by atoms with van der Waals surface area (Å²) in [5.74, 6) is 1.33. The fraction of sp³-hybridized carbons (Fsp3) is 1.00. The van der Waals surface area contributed by atoms with Gasteiger partial charge in [-0.25, -0.2) is 0 Å². The van der Waals surface area contributed by atoms with Crippen LogP contribution in [0.25, 0.3) is 0 Å². The van der Waals surface area contributed by atoms with Crippen LogP contribution in [-0.4, -0.2) is 23.5 Å². The van der Waals surface area contributed by atoms with Crippen LogP contribution in [0.4, 0.5) is 0 Å². The van der Waals surface area contributed by atoms with Gasteiger partial charge in [-0.3, -0.25) is 0 Å². The van der Waals surface area contributed by atoms with Gasteiger partial charge in [-0.05, 0) is 18.9 Å². The van der Waals surface area contributed by atoms with E-state index in [1.807, 2.05) is 11.8 Å². The molecule has 1 atom stereocenters. The van der Waals surface area contributed by atoms with Gasteiger partial charge < -0.3 is 0 Å². The maximum atomic E-state index is 2.31. The number of thioether (sulfide) groups is 2. The number of rotatable bonds is 28. The van der Waals surface area contributed by atoms with Crippen molar-refractivity contribution >= 4 is 23.5 Å². The quantitative estimate of drug-likeness (QED) is 0.101. The molecule has 0 amide bonds. The van der Waals surface area contributed by atoms with Crippen LogP contribution in [-0.2, 0) is 0 Å². The predicted octanol–water partition coefficient (Wildman–Crippen LogP) is 11.9. The Balaban J connectivity index is 3.06. The number of hydrogen-bond donors (Lipinski definition) is 0. The Labute approximate surface area is 214 Å². The number of hydrogen-bond acceptors (Lipinski definition) is 2. The number of unbranched alkanes of at least 4 members (excludes halogenated alkanes) is 23. The van der Waals surface area contributed by atoms with Crippen LogP contribution in [0.5, 0.6) is 0 Å². The minimum atomic E-state index is 0.893. The van der Waals surface area contributed by atoms with E-state index in [-0.39, 0.29) is 0 Å². The van der Waals surface area contributed by atoms with Gasteiger partial charge >= 0.3 is 0 Å². The summed E-state index contributed by atoms with van der Waals surface area (Å²) in [6.45, 7) is 2.31. The van der Waals surface area contributed by atoms with E-state index in [0.717, 1.165) is 5.25 Å². The van der Waals surface area contributed by atoms with E-state index in [2.05, 4.69) is 31.2 Å². The molecule has 0 rings (SSSR count). The van der Waals surface area contributed by atoms with Crippen molar-refractivity contribution in [3.05, 3.63) is 0 Å². The van der Waals surface area contributed by atoms with Crippen LogP contribution >= 0.6 is 23.5 Å². The lowest BCUT2D eigenvalue weighted by atomic mass is 10.0. The van der Waals surface area contributed by atoms with E-state index < -0.39 is 0 Å². The van der Waals surface area contributed by atoms with E-state index in [1.54, 1.807) is 0 Å². The Morgan fingerprint density at radius 1 is 0.406 bits per heavy atom. The lowest BCUT2D eigenvalue weighted by Gasteiger charge is -2.12. The van der Waals surface area contributed by atoms with Gasteiger partial charge in [0.15, 0.2) is 0 Å². The standard InChI is InChI=1S/C30H62S2/c1-4-5-6-7-8-9-10-11-12-13-14-15-16-17-18-19-20-21-22-23-24-25-26-27-28-30(32-3)29-31-2/h30H,4-29H2,1-3H3. The van der Waals surface area contributed by atoms with Crippen molar-refractivity contribution in [2.45, 2.75) is 173 Å². The third-order valence-electron chi connectivity index (χ3n) is 7.07. The zero-order valence-corrected chi connectivity index (χ0v) is 24.4. The van der Waals surface area contributed by atoms with Crippen molar-refractivity contribution in [1.82, 2.24) is 0 Å². The monoisotopic (exact) mass is 486 g/mol. The molecule has 0 fully saturated rings. The molecule has 0 aromatic carbocycles. The van der Waals surface area contributed by atoms with Crippen LogP contribution in [0.15, 0.2) is 0 Å². The van der Waals surface area contributed by atoms with Crippen molar-refractivity contribution in [2.75, 3.05) is 18.3 Å². The Morgan fingerprint density at radius 3 is 0.938 bits per heavy atom. The van der Waals surface area contributed by atoms with Crippen LogP contribution in [0.3, 0.4) is 0 Å². The molecule has 0 aromatic heterocycles. The fourth-order valence-electron chi connectivity index (χ4n) is 4.79. The molecular formula is C30H62S2. The first-order valence-corrected chi connectivity index (χ1v) is 17.5. The lowest BCUT2D eigenvalue weighted by molar-refractivity contribution is 0.516. The third-order valence-corrected chi connectivity index (χ3v) is 9.08. The van der Waals surface area contributed by atoms with E-state index in [9.17, 15) is 0 Å². The molecule has 0 spiro atoms. The van der Waals surface area contributed by atoms with Gasteiger partial charge in [0.25, 0.3) is 0 Å². The summed E-state index contributed by atoms with van der Waals surface area (Å²) in [6.07, 6.45) is 41.4. The smallest absolute Gasteiger partial charge is 0.0135 e. The first-order valence-electron chi connectivity index (χ1n) is 14.9. The summed E-state index contributed by atoms with van der Waals surface area (Å²) in [4.78, 5) is 0. The Kier molecular flexibility index (Phi) is 30.4.